The van der Waals surface area contributed by atoms with E-state index >= 15 is 0 Å². The molecule has 3 rings (SSSR count). The molecule has 2 aromatic carbocycles. The minimum absolute atomic E-state index is 0.209. The zero-order chi connectivity index (χ0) is 19.2. The molecule has 1 heterocycles. The van der Waals surface area contributed by atoms with Gasteiger partial charge < -0.3 is 9.26 Å². The van der Waals surface area contributed by atoms with Gasteiger partial charge in [-0.1, -0.05) is 17.3 Å². The Morgan fingerprint density at radius 3 is 2.52 bits per heavy atom. The maximum atomic E-state index is 12.1. The highest BCUT2D eigenvalue weighted by Crippen LogP contribution is 2.17. The van der Waals surface area contributed by atoms with E-state index in [1.165, 1.54) is 0 Å². The third kappa shape index (κ3) is 4.91. The van der Waals surface area contributed by atoms with Crippen molar-refractivity contribution in [1.82, 2.24) is 21.0 Å². The molecule has 138 valence electrons. The number of rotatable bonds is 5. The number of carbonyl (C=O) groups excluding carboxylic acids is 2. The fraction of sp³-hybridized carbons (Fsp3) is 0.158. The van der Waals surface area contributed by atoms with Crippen molar-refractivity contribution in [2.75, 3.05) is 6.61 Å². The number of hydrazine groups is 1. The minimum Gasteiger partial charge on any atom is -0.484 e. The van der Waals surface area contributed by atoms with Crippen LogP contribution in [0.4, 0.5) is 0 Å². The van der Waals surface area contributed by atoms with Crippen LogP contribution >= 0.6 is 0 Å². The van der Waals surface area contributed by atoms with Crippen LogP contribution in [0.2, 0.25) is 0 Å². The highest BCUT2D eigenvalue weighted by molar-refractivity contribution is 5.95. The van der Waals surface area contributed by atoms with Crippen LogP contribution < -0.4 is 15.6 Å². The molecule has 0 unspecified atom stereocenters. The standard InChI is InChI=1S/C19H18N4O4/c1-12-4-3-5-16(10-12)26-11-17(24)21-22-18(25)14-6-8-15(9-7-14)19-20-13(2)23-27-19/h3-10H,11H2,1-2H3,(H,21,24)(H,22,25). The fourth-order valence-corrected chi connectivity index (χ4v) is 2.27. The van der Waals surface area contributed by atoms with Crippen molar-refractivity contribution in [3.8, 4) is 17.2 Å². The van der Waals surface area contributed by atoms with Crippen molar-refractivity contribution in [3.63, 3.8) is 0 Å². The number of aryl methyl sites for hydroxylation is 2. The SMILES string of the molecule is Cc1cccc(OCC(=O)NNC(=O)c2ccc(-c3nc(C)no3)cc2)c1. The average molecular weight is 366 g/mol. The van der Waals surface area contributed by atoms with Crippen molar-refractivity contribution in [2.24, 2.45) is 0 Å². The molecule has 1 aromatic heterocycles. The first-order chi connectivity index (χ1) is 13.0. The molecule has 27 heavy (non-hydrogen) atoms. The Kier molecular flexibility index (Phi) is 5.46. The Bertz CT molecular complexity index is 950. The van der Waals surface area contributed by atoms with E-state index in [2.05, 4.69) is 21.0 Å². The Labute approximate surface area is 155 Å². The molecule has 2 amide bonds. The van der Waals surface area contributed by atoms with Crippen molar-refractivity contribution in [1.29, 1.82) is 0 Å². The lowest BCUT2D eigenvalue weighted by Gasteiger charge is -2.09. The molecule has 0 radical (unpaired) electrons. The van der Waals surface area contributed by atoms with Crippen LogP contribution in [0.3, 0.4) is 0 Å². The first-order valence-electron chi connectivity index (χ1n) is 8.20. The second kappa shape index (κ2) is 8.13. The lowest BCUT2D eigenvalue weighted by Crippen LogP contribution is -2.43. The van der Waals surface area contributed by atoms with Crippen LogP contribution in [-0.2, 0) is 4.79 Å². The second-order valence-corrected chi connectivity index (χ2v) is 5.83. The molecule has 8 nitrogen and oxygen atoms in total. The van der Waals surface area contributed by atoms with Crippen molar-refractivity contribution >= 4 is 11.8 Å². The van der Waals surface area contributed by atoms with Crippen LogP contribution in [0.1, 0.15) is 21.7 Å². The molecule has 0 saturated heterocycles. The van der Waals surface area contributed by atoms with Crippen LogP contribution in [-0.4, -0.2) is 28.6 Å². The highest BCUT2D eigenvalue weighted by atomic mass is 16.5. The van der Waals surface area contributed by atoms with Crippen LogP contribution in [0.25, 0.3) is 11.5 Å². The van der Waals surface area contributed by atoms with E-state index < -0.39 is 11.8 Å². The smallest absolute Gasteiger partial charge is 0.276 e. The van der Waals surface area contributed by atoms with Gasteiger partial charge in [-0.25, -0.2) is 0 Å². The van der Waals surface area contributed by atoms with Gasteiger partial charge in [0.05, 0.1) is 0 Å². The van der Waals surface area contributed by atoms with E-state index in [-0.39, 0.29) is 6.61 Å². The zero-order valence-corrected chi connectivity index (χ0v) is 14.9. The van der Waals surface area contributed by atoms with Gasteiger partial charge in [0.15, 0.2) is 12.4 Å². The van der Waals surface area contributed by atoms with Gasteiger partial charge in [-0.05, 0) is 55.8 Å². The van der Waals surface area contributed by atoms with Gasteiger partial charge in [0.25, 0.3) is 17.7 Å². The number of aromatic nitrogens is 2. The summed E-state index contributed by atoms with van der Waals surface area (Å²) in [4.78, 5) is 28.0. The number of ether oxygens (including phenoxy) is 1. The molecule has 3 aromatic rings. The number of hydrogen-bond donors (Lipinski definition) is 2. The lowest BCUT2D eigenvalue weighted by molar-refractivity contribution is -0.123. The molecule has 0 bridgehead atoms. The maximum Gasteiger partial charge on any atom is 0.276 e. The van der Waals surface area contributed by atoms with Crippen LogP contribution in [0.15, 0.2) is 53.1 Å². The van der Waals surface area contributed by atoms with Gasteiger partial charge in [-0.3, -0.25) is 20.4 Å². The average Bonchev–Trinajstić information content (AvgIpc) is 3.11. The number of carbonyl (C=O) groups is 2. The third-order valence-corrected chi connectivity index (χ3v) is 3.60. The third-order valence-electron chi connectivity index (χ3n) is 3.60. The number of nitrogens with zero attached hydrogens (tertiary/aromatic N) is 2. The normalized spacial score (nSPS) is 10.3. The first-order valence-corrected chi connectivity index (χ1v) is 8.20. The molecular formula is C19H18N4O4. The molecule has 0 atom stereocenters. The van der Waals surface area contributed by atoms with Gasteiger partial charge in [-0.2, -0.15) is 4.98 Å². The quantitative estimate of drug-likeness (QED) is 0.671. The summed E-state index contributed by atoms with van der Waals surface area (Å²) in [7, 11) is 0. The van der Waals surface area contributed by atoms with E-state index in [1.807, 2.05) is 25.1 Å². The van der Waals surface area contributed by atoms with Gasteiger partial charge in [-0.15, -0.1) is 0 Å². The Balaban J connectivity index is 1.49. The number of nitrogens with one attached hydrogen (secondary N) is 2. The predicted molar refractivity (Wildman–Crippen MR) is 96.8 cm³/mol. The van der Waals surface area contributed by atoms with Crippen molar-refractivity contribution < 1.29 is 18.8 Å². The molecule has 0 aliphatic heterocycles. The van der Waals surface area contributed by atoms with Crippen LogP contribution in [0.5, 0.6) is 5.75 Å². The Hall–Kier alpha value is -3.68. The molecular weight excluding hydrogens is 348 g/mol. The van der Waals surface area contributed by atoms with E-state index in [4.69, 9.17) is 9.26 Å². The van der Waals surface area contributed by atoms with Crippen LogP contribution in [0, 0.1) is 13.8 Å². The number of hydrogen-bond acceptors (Lipinski definition) is 6. The van der Waals surface area contributed by atoms with Gasteiger partial charge in [0.1, 0.15) is 5.75 Å². The largest absolute Gasteiger partial charge is 0.484 e. The minimum atomic E-state index is -0.470. The number of benzene rings is 2. The van der Waals surface area contributed by atoms with Crippen molar-refractivity contribution in [3.05, 3.63) is 65.5 Å². The monoisotopic (exact) mass is 366 g/mol. The highest BCUT2D eigenvalue weighted by Gasteiger charge is 2.10. The summed E-state index contributed by atoms with van der Waals surface area (Å²) in [5.74, 6) is 0.571. The molecule has 0 spiro atoms. The lowest BCUT2D eigenvalue weighted by atomic mass is 10.1. The summed E-state index contributed by atoms with van der Waals surface area (Å²) in [6, 6.07) is 13.9. The van der Waals surface area contributed by atoms with Gasteiger partial charge in [0, 0.05) is 11.1 Å². The summed E-state index contributed by atoms with van der Waals surface area (Å²) >= 11 is 0. The zero-order valence-electron chi connectivity index (χ0n) is 14.9. The van der Waals surface area contributed by atoms with Gasteiger partial charge >= 0.3 is 0 Å². The fourth-order valence-electron chi connectivity index (χ4n) is 2.27. The second-order valence-electron chi connectivity index (χ2n) is 5.83. The summed E-state index contributed by atoms with van der Waals surface area (Å²) < 4.78 is 10.4. The van der Waals surface area contributed by atoms with E-state index in [9.17, 15) is 9.59 Å². The number of amides is 2. The maximum absolute atomic E-state index is 12.1. The van der Waals surface area contributed by atoms with Gasteiger partial charge in [0.2, 0.25) is 0 Å². The molecule has 8 heteroatoms. The first kappa shape index (κ1) is 18.1. The van der Waals surface area contributed by atoms with E-state index in [1.54, 1.807) is 37.3 Å². The summed E-state index contributed by atoms with van der Waals surface area (Å²) in [6.07, 6.45) is 0. The Morgan fingerprint density at radius 1 is 1.07 bits per heavy atom. The summed E-state index contributed by atoms with van der Waals surface area (Å²) in [5, 5.41) is 3.72. The summed E-state index contributed by atoms with van der Waals surface area (Å²) in [6.45, 7) is 3.44. The molecule has 2 N–H and O–H groups in total. The van der Waals surface area contributed by atoms with Crippen molar-refractivity contribution in [2.45, 2.75) is 13.8 Å². The molecule has 0 saturated carbocycles. The van der Waals surface area contributed by atoms with E-state index in [0.29, 0.717) is 28.6 Å². The molecule has 0 aliphatic rings. The molecule has 0 aliphatic carbocycles. The summed E-state index contributed by atoms with van der Waals surface area (Å²) in [5.41, 5.74) is 6.75. The Morgan fingerprint density at radius 2 is 1.85 bits per heavy atom. The van der Waals surface area contributed by atoms with E-state index in [0.717, 1.165) is 5.56 Å². The topological polar surface area (TPSA) is 106 Å². The molecule has 0 fully saturated rings. The predicted octanol–water partition coefficient (Wildman–Crippen LogP) is 2.19.